The largest absolute Gasteiger partial charge is 0.261 e. The maximum absolute atomic E-state index is 10.2. The topological polar surface area (TPSA) is 43.1 Å². The van der Waals surface area contributed by atoms with E-state index < -0.39 is 4.92 Å². The Morgan fingerprint density at radius 2 is 2.00 bits per heavy atom. The standard InChI is InChI=1S/C6H3B2NO2/c7-4-1-2-5(8)6(3-4)9(10)11/h1-3H. The molecule has 0 N–H and O–H groups in total. The summed E-state index contributed by atoms with van der Waals surface area (Å²) >= 11 is 0. The van der Waals surface area contributed by atoms with E-state index in [2.05, 4.69) is 0 Å². The van der Waals surface area contributed by atoms with Crippen LogP contribution >= 0.6 is 0 Å². The van der Waals surface area contributed by atoms with Gasteiger partial charge in [0.1, 0.15) is 15.7 Å². The van der Waals surface area contributed by atoms with Crippen molar-refractivity contribution in [3.05, 3.63) is 28.3 Å². The maximum atomic E-state index is 10.2. The van der Waals surface area contributed by atoms with Gasteiger partial charge in [-0.25, -0.2) is 0 Å². The minimum atomic E-state index is -0.564. The lowest BCUT2D eigenvalue weighted by atomic mass is 9.88. The maximum Gasteiger partial charge on any atom is 0.261 e. The van der Waals surface area contributed by atoms with Gasteiger partial charge in [0.2, 0.25) is 0 Å². The fraction of sp³-hybridized carbons (Fsp3) is 0. The van der Waals surface area contributed by atoms with Gasteiger partial charge in [-0.05, 0) is 5.46 Å². The minimum absolute atomic E-state index is 0.129. The molecule has 0 aliphatic heterocycles. The molecule has 3 nitrogen and oxygen atoms in total. The first-order valence-electron chi connectivity index (χ1n) is 2.90. The summed E-state index contributed by atoms with van der Waals surface area (Å²) in [7, 11) is 10.6. The van der Waals surface area contributed by atoms with Crippen molar-refractivity contribution < 1.29 is 4.92 Å². The van der Waals surface area contributed by atoms with Crippen molar-refractivity contribution >= 4 is 32.3 Å². The highest BCUT2D eigenvalue weighted by Gasteiger charge is 2.07. The lowest BCUT2D eigenvalue weighted by Crippen LogP contribution is -2.14. The summed E-state index contributed by atoms with van der Waals surface area (Å²) in [6.45, 7) is 0. The molecule has 0 heterocycles. The van der Waals surface area contributed by atoms with Crippen LogP contribution in [0.1, 0.15) is 0 Å². The van der Waals surface area contributed by atoms with Gasteiger partial charge >= 0.3 is 0 Å². The number of benzene rings is 1. The smallest absolute Gasteiger partial charge is 0.258 e. The Balaban J connectivity index is 3.23. The fourth-order valence-corrected chi connectivity index (χ4v) is 0.719. The van der Waals surface area contributed by atoms with E-state index in [4.69, 9.17) is 15.7 Å². The van der Waals surface area contributed by atoms with Gasteiger partial charge in [0.25, 0.3) is 5.69 Å². The third-order valence-electron chi connectivity index (χ3n) is 1.25. The molecule has 1 rings (SSSR count). The van der Waals surface area contributed by atoms with Crippen molar-refractivity contribution in [2.24, 2.45) is 0 Å². The van der Waals surface area contributed by atoms with Crippen molar-refractivity contribution in [1.29, 1.82) is 0 Å². The number of nitro groups is 1. The molecule has 50 valence electrons. The van der Waals surface area contributed by atoms with Gasteiger partial charge in [0.05, 0.1) is 4.92 Å². The Kier molecular flexibility index (Phi) is 1.98. The van der Waals surface area contributed by atoms with E-state index in [0.717, 1.165) is 0 Å². The summed E-state index contributed by atoms with van der Waals surface area (Å²) in [5.41, 5.74) is 0.320. The minimum Gasteiger partial charge on any atom is -0.258 e. The molecule has 0 bridgehead atoms. The average Bonchev–Trinajstić information content (AvgIpc) is 1.94. The normalized spacial score (nSPS) is 9.45. The molecule has 1 aromatic carbocycles. The molecule has 0 aliphatic carbocycles. The molecule has 0 spiro atoms. The van der Waals surface area contributed by atoms with Crippen LogP contribution in [0.4, 0.5) is 5.69 Å². The van der Waals surface area contributed by atoms with E-state index in [1.807, 2.05) is 0 Å². The van der Waals surface area contributed by atoms with Crippen LogP contribution in [0.5, 0.6) is 0 Å². The quantitative estimate of drug-likeness (QED) is 0.292. The molecular weight excluding hydrogens is 140 g/mol. The SMILES string of the molecule is [B]c1ccc([B])c([N+](=O)[O-])c1. The van der Waals surface area contributed by atoms with E-state index >= 15 is 0 Å². The highest BCUT2D eigenvalue weighted by molar-refractivity contribution is 6.37. The van der Waals surface area contributed by atoms with E-state index in [9.17, 15) is 10.1 Å². The van der Waals surface area contributed by atoms with Crippen LogP contribution in [-0.2, 0) is 0 Å². The first-order valence-corrected chi connectivity index (χ1v) is 2.90. The van der Waals surface area contributed by atoms with Crippen molar-refractivity contribution in [3.63, 3.8) is 0 Å². The van der Waals surface area contributed by atoms with Crippen molar-refractivity contribution in [3.8, 4) is 0 Å². The first-order chi connectivity index (χ1) is 5.11. The molecule has 0 saturated carbocycles. The van der Waals surface area contributed by atoms with Crippen molar-refractivity contribution in [1.82, 2.24) is 0 Å². The Morgan fingerprint density at radius 1 is 1.36 bits per heavy atom. The summed E-state index contributed by atoms with van der Waals surface area (Å²) in [4.78, 5) is 9.68. The van der Waals surface area contributed by atoms with Crippen LogP contribution in [0.2, 0.25) is 0 Å². The Bertz CT molecular complexity index is 301. The van der Waals surface area contributed by atoms with E-state index in [0.29, 0.717) is 5.46 Å². The zero-order chi connectivity index (χ0) is 8.43. The molecule has 0 aromatic heterocycles. The number of nitro benzene ring substituents is 1. The molecule has 0 saturated heterocycles. The fourth-order valence-electron chi connectivity index (χ4n) is 0.719. The molecule has 0 unspecified atom stereocenters. The second-order valence-corrected chi connectivity index (χ2v) is 2.08. The van der Waals surface area contributed by atoms with E-state index in [1.165, 1.54) is 18.2 Å². The zero-order valence-electron chi connectivity index (χ0n) is 5.65. The van der Waals surface area contributed by atoms with Crippen molar-refractivity contribution in [2.45, 2.75) is 0 Å². The van der Waals surface area contributed by atoms with Gasteiger partial charge < -0.3 is 0 Å². The van der Waals surface area contributed by atoms with Gasteiger partial charge in [0.15, 0.2) is 0 Å². The van der Waals surface area contributed by atoms with Crippen LogP contribution in [0.15, 0.2) is 18.2 Å². The van der Waals surface area contributed by atoms with Crippen LogP contribution in [-0.4, -0.2) is 20.6 Å². The number of hydrogen-bond acceptors (Lipinski definition) is 2. The number of hydrogen-bond donors (Lipinski definition) is 0. The van der Waals surface area contributed by atoms with E-state index in [1.54, 1.807) is 0 Å². The third-order valence-corrected chi connectivity index (χ3v) is 1.25. The van der Waals surface area contributed by atoms with Gasteiger partial charge in [-0.3, -0.25) is 10.1 Å². The van der Waals surface area contributed by atoms with Crippen molar-refractivity contribution in [2.75, 3.05) is 0 Å². The molecule has 0 aliphatic rings. The molecule has 11 heavy (non-hydrogen) atoms. The molecule has 4 radical (unpaired) electrons. The van der Waals surface area contributed by atoms with Crippen LogP contribution < -0.4 is 10.9 Å². The summed E-state index contributed by atoms with van der Waals surface area (Å²) in [6.07, 6.45) is 0. The van der Waals surface area contributed by atoms with E-state index in [-0.39, 0.29) is 11.2 Å². The Hall–Kier alpha value is -1.25. The molecule has 0 atom stereocenters. The molecule has 5 heteroatoms. The zero-order valence-corrected chi connectivity index (χ0v) is 5.65. The Labute approximate surface area is 66.4 Å². The molecule has 1 aromatic rings. The number of nitrogens with zero attached hydrogens (tertiary/aromatic N) is 1. The molecule has 0 amide bonds. The highest BCUT2D eigenvalue weighted by atomic mass is 16.6. The van der Waals surface area contributed by atoms with Gasteiger partial charge in [-0.2, -0.15) is 0 Å². The predicted molar refractivity (Wildman–Crippen MR) is 43.9 cm³/mol. The number of rotatable bonds is 1. The summed E-state index contributed by atoms with van der Waals surface area (Å²) in [6, 6.07) is 4.16. The van der Waals surface area contributed by atoms with Gasteiger partial charge in [0, 0.05) is 6.07 Å². The summed E-state index contributed by atoms with van der Waals surface area (Å²) < 4.78 is 0. The average molecular weight is 143 g/mol. The van der Waals surface area contributed by atoms with Gasteiger partial charge in [-0.15, -0.1) is 0 Å². The third kappa shape index (κ3) is 1.61. The second kappa shape index (κ2) is 2.78. The second-order valence-electron chi connectivity index (χ2n) is 2.08. The molecule has 0 fully saturated rings. The van der Waals surface area contributed by atoms with Crippen LogP contribution in [0.3, 0.4) is 0 Å². The lowest BCUT2D eigenvalue weighted by molar-refractivity contribution is -0.383. The summed E-state index contributed by atoms with van der Waals surface area (Å²) in [5.74, 6) is 0. The van der Waals surface area contributed by atoms with Crippen LogP contribution in [0.25, 0.3) is 0 Å². The monoisotopic (exact) mass is 143 g/mol. The van der Waals surface area contributed by atoms with Gasteiger partial charge in [-0.1, -0.05) is 17.6 Å². The predicted octanol–water partition coefficient (Wildman–Crippen LogP) is -0.818. The first kappa shape index (κ1) is 7.85. The van der Waals surface area contributed by atoms with Crippen LogP contribution in [0, 0.1) is 10.1 Å². The lowest BCUT2D eigenvalue weighted by Gasteiger charge is -1.97. The summed E-state index contributed by atoms with van der Waals surface area (Å²) in [5, 5.41) is 10.2. The molecular formula is C6H3B2NO2. The highest BCUT2D eigenvalue weighted by Crippen LogP contribution is 2.01. The Morgan fingerprint density at radius 3 is 2.45 bits per heavy atom.